The Labute approximate surface area is 194 Å². The van der Waals surface area contributed by atoms with E-state index in [2.05, 4.69) is 29.3 Å². The summed E-state index contributed by atoms with van der Waals surface area (Å²) in [4.78, 5) is 13.5. The standard InChI is InChI=1S/C24H29ClN2O3S/c1-16-5-3-4-6-19(16)15-27(14-17-7-9-18(10-8-17)23(28)29)24(31)26-20-11-12-22(30-2)21(25)13-20/h3-6,11-13,17-18H,7-10,14-15H2,1-2H3,(H,26,31)(H,28,29). The zero-order valence-corrected chi connectivity index (χ0v) is 19.5. The van der Waals surface area contributed by atoms with Crippen LogP contribution in [0.2, 0.25) is 5.02 Å². The first-order valence-corrected chi connectivity index (χ1v) is 11.3. The van der Waals surface area contributed by atoms with Gasteiger partial charge in [-0.15, -0.1) is 0 Å². The molecule has 2 N–H and O–H groups in total. The summed E-state index contributed by atoms with van der Waals surface area (Å²) in [5.74, 6) is 0.139. The minimum Gasteiger partial charge on any atom is -0.495 e. The van der Waals surface area contributed by atoms with E-state index in [0.29, 0.717) is 28.3 Å². The van der Waals surface area contributed by atoms with Crippen molar-refractivity contribution in [3.63, 3.8) is 0 Å². The number of nitrogens with zero attached hydrogens (tertiary/aromatic N) is 1. The fourth-order valence-electron chi connectivity index (χ4n) is 4.06. The van der Waals surface area contributed by atoms with Crippen molar-refractivity contribution < 1.29 is 14.6 Å². The van der Waals surface area contributed by atoms with Gasteiger partial charge in [0.2, 0.25) is 0 Å². The quantitative estimate of drug-likeness (QED) is 0.513. The lowest BCUT2D eigenvalue weighted by atomic mass is 9.82. The van der Waals surface area contributed by atoms with E-state index in [4.69, 9.17) is 28.6 Å². The molecule has 31 heavy (non-hydrogen) atoms. The van der Waals surface area contributed by atoms with Crippen molar-refractivity contribution >= 4 is 40.6 Å². The molecule has 0 spiro atoms. The second kappa shape index (κ2) is 10.8. The number of rotatable bonds is 7. The second-order valence-corrected chi connectivity index (χ2v) is 8.94. The number of aliphatic carboxylic acids is 1. The number of thiocarbonyl (C=S) groups is 1. The van der Waals surface area contributed by atoms with Crippen molar-refractivity contribution in [2.75, 3.05) is 19.0 Å². The lowest BCUT2D eigenvalue weighted by molar-refractivity contribution is -0.143. The van der Waals surface area contributed by atoms with Crippen LogP contribution in [0.3, 0.4) is 0 Å². The number of halogens is 1. The third-order valence-corrected chi connectivity index (χ3v) is 6.64. The lowest BCUT2D eigenvalue weighted by Crippen LogP contribution is -2.39. The molecule has 5 nitrogen and oxygen atoms in total. The first-order valence-electron chi connectivity index (χ1n) is 10.5. The van der Waals surface area contributed by atoms with Crippen LogP contribution in [0.15, 0.2) is 42.5 Å². The molecule has 7 heteroatoms. The highest BCUT2D eigenvalue weighted by Crippen LogP contribution is 2.31. The number of aryl methyl sites for hydroxylation is 1. The number of carbonyl (C=O) groups is 1. The van der Waals surface area contributed by atoms with E-state index in [-0.39, 0.29) is 5.92 Å². The maximum Gasteiger partial charge on any atom is 0.306 e. The van der Waals surface area contributed by atoms with Crippen molar-refractivity contribution in [1.82, 2.24) is 4.90 Å². The minimum absolute atomic E-state index is 0.215. The normalized spacial score (nSPS) is 18.3. The van der Waals surface area contributed by atoms with Crippen LogP contribution in [0.5, 0.6) is 5.75 Å². The molecule has 0 atom stereocenters. The largest absolute Gasteiger partial charge is 0.495 e. The second-order valence-electron chi connectivity index (χ2n) is 8.14. The molecule has 1 fully saturated rings. The number of ether oxygens (including phenoxy) is 1. The van der Waals surface area contributed by atoms with Crippen LogP contribution in [0, 0.1) is 18.8 Å². The Morgan fingerprint density at radius 2 is 1.94 bits per heavy atom. The maximum atomic E-state index is 11.3. The Morgan fingerprint density at radius 1 is 1.23 bits per heavy atom. The summed E-state index contributed by atoms with van der Waals surface area (Å²) in [6.07, 6.45) is 3.26. The van der Waals surface area contributed by atoms with Gasteiger partial charge in [0.15, 0.2) is 5.11 Å². The topological polar surface area (TPSA) is 61.8 Å². The van der Waals surface area contributed by atoms with Crippen LogP contribution in [0.1, 0.15) is 36.8 Å². The fraction of sp³-hybridized carbons (Fsp3) is 0.417. The van der Waals surface area contributed by atoms with Crippen molar-refractivity contribution in [1.29, 1.82) is 0 Å². The van der Waals surface area contributed by atoms with E-state index < -0.39 is 5.97 Å². The van der Waals surface area contributed by atoms with Gasteiger partial charge in [-0.3, -0.25) is 4.79 Å². The Bertz CT molecular complexity index is 929. The van der Waals surface area contributed by atoms with Gasteiger partial charge in [0, 0.05) is 18.8 Å². The molecule has 1 aliphatic carbocycles. The van der Waals surface area contributed by atoms with Gasteiger partial charge < -0.3 is 20.1 Å². The summed E-state index contributed by atoms with van der Waals surface area (Å²) in [5.41, 5.74) is 3.25. The summed E-state index contributed by atoms with van der Waals surface area (Å²) in [7, 11) is 1.59. The van der Waals surface area contributed by atoms with Gasteiger partial charge in [0.25, 0.3) is 0 Å². The van der Waals surface area contributed by atoms with Crippen molar-refractivity contribution in [3.05, 3.63) is 58.6 Å². The van der Waals surface area contributed by atoms with Crippen LogP contribution < -0.4 is 10.1 Å². The van der Waals surface area contributed by atoms with E-state index in [1.165, 1.54) is 11.1 Å². The molecule has 0 aliphatic heterocycles. The third kappa shape index (κ3) is 6.34. The Kier molecular flexibility index (Phi) is 8.15. The number of carboxylic acids is 1. The van der Waals surface area contributed by atoms with Gasteiger partial charge in [-0.05, 0) is 80.1 Å². The molecule has 0 amide bonds. The highest BCUT2D eigenvalue weighted by molar-refractivity contribution is 7.80. The van der Waals surface area contributed by atoms with Crippen LogP contribution in [0.25, 0.3) is 0 Å². The van der Waals surface area contributed by atoms with Crippen LogP contribution in [-0.4, -0.2) is 34.7 Å². The molecule has 1 saturated carbocycles. The van der Waals surface area contributed by atoms with E-state index in [1.54, 1.807) is 13.2 Å². The first kappa shape index (κ1) is 23.4. The highest BCUT2D eigenvalue weighted by Gasteiger charge is 2.27. The van der Waals surface area contributed by atoms with Crippen molar-refractivity contribution in [2.45, 2.75) is 39.2 Å². The average molecular weight is 461 g/mol. The van der Waals surface area contributed by atoms with E-state index in [0.717, 1.165) is 37.9 Å². The van der Waals surface area contributed by atoms with Crippen LogP contribution in [0.4, 0.5) is 5.69 Å². The lowest BCUT2D eigenvalue weighted by Gasteiger charge is -2.33. The van der Waals surface area contributed by atoms with E-state index >= 15 is 0 Å². The smallest absolute Gasteiger partial charge is 0.306 e. The molecule has 2 aromatic rings. The number of hydrogen-bond acceptors (Lipinski definition) is 3. The van der Waals surface area contributed by atoms with Crippen LogP contribution in [-0.2, 0) is 11.3 Å². The number of benzene rings is 2. The number of anilines is 1. The van der Waals surface area contributed by atoms with Gasteiger partial charge >= 0.3 is 5.97 Å². The van der Waals surface area contributed by atoms with E-state index in [1.807, 2.05) is 24.3 Å². The fourth-order valence-corrected chi connectivity index (χ4v) is 4.58. The predicted octanol–water partition coefficient (Wildman–Crippen LogP) is 5.75. The minimum atomic E-state index is -0.677. The van der Waals surface area contributed by atoms with E-state index in [9.17, 15) is 9.90 Å². The monoisotopic (exact) mass is 460 g/mol. The van der Waals surface area contributed by atoms with Crippen molar-refractivity contribution in [2.24, 2.45) is 11.8 Å². The number of nitrogens with one attached hydrogen (secondary N) is 1. The van der Waals surface area contributed by atoms with Gasteiger partial charge in [-0.1, -0.05) is 35.9 Å². The molecular formula is C24H29ClN2O3S. The summed E-state index contributed by atoms with van der Waals surface area (Å²) >= 11 is 12.1. The molecule has 166 valence electrons. The van der Waals surface area contributed by atoms with Gasteiger partial charge in [-0.25, -0.2) is 0 Å². The molecule has 2 aromatic carbocycles. The first-order chi connectivity index (χ1) is 14.9. The molecular weight excluding hydrogens is 432 g/mol. The average Bonchev–Trinajstić information content (AvgIpc) is 2.75. The summed E-state index contributed by atoms with van der Waals surface area (Å²) in [6.45, 7) is 3.59. The third-order valence-electron chi connectivity index (χ3n) is 5.99. The molecule has 0 heterocycles. The summed E-state index contributed by atoms with van der Waals surface area (Å²) in [6, 6.07) is 13.8. The molecule has 1 aliphatic rings. The Balaban J connectivity index is 1.73. The Hall–Kier alpha value is -2.31. The van der Waals surface area contributed by atoms with Crippen LogP contribution >= 0.6 is 23.8 Å². The SMILES string of the molecule is COc1ccc(NC(=S)N(Cc2ccccc2C)CC2CCC(C(=O)O)CC2)cc1Cl. The van der Waals surface area contributed by atoms with Gasteiger partial charge in [0.05, 0.1) is 18.1 Å². The Morgan fingerprint density at radius 3 is 2.55 bits per heavy atom. The summed E-state index contributed by atoms with van der Waals surface area (Å²) < 4.78 is 5.23. The molecule has 0 saturated heterocycles. The highest BCUT2D eigenvalue weighted by atomic mass is 35.5. The van der Waals surface area contributed by atoms with Gasteiger partial charge in [-0.2, -0.15) is 0 Å². The molecule has 3 rings (SSSR count). The molecule has 0 aromatic heterocycles. The molecule has 0 unspecified atom stereocenters. The zero-order valence-electron chi connectivity index (χ0n) is 17.9. The zero-order chi connectivity index (χ0) is 22.4. The van der Waals surface area contributed by atoms with Crippen molar-refractivity contribution in [3.8, 4) is 5.75 Å². The maximum absolute atomic E-state index is 11.3. The number of hydrogen-bond donors (Lipinski definition) is 2. The molecule has 0 radical (unpaired) electrons. The van der Waals surface area contributed by atoms with Gasteiger partial charge in [0.1, 0.15) is 5.75 Å². The number of methoxy groups -OCH3 is 1. The number of carboxylic acid groups (broad SMARTS) is 1. The predicted molar refractivity (Wildman–Crippen MR) is 129 cm³/mol. The molecule has 0 bridgehead atoms. The summed E-state index contributed by atoms with van der Waals surface area (Å²) in [5, 5.41) is 13.7.